The highest BCUT2D eigenvalue weighted by atomic mass is 32.2. The Kier molecular flexibility index (Phi) is 4.97. The molecule has 1 aliphatic carbocycles. The van der Waals surface area contributed by atoms with E-state index in [1.807, 2.05) is 56.3 Å². The molecule has 0 saturated carbocycles. The summed E-state index contributed by atoms with van der Waals surface area (Å²) < 4.78 is 29.2. The van der Waals surface area contributed by atoms with Crippen LogP contribution >= 0.6 is 0 Å². The highest BCUT2D eigenvalue weighted by molar-refractivity contribution is 7.92. The second-order valence-electron chi connectivity index (χ2n) is 8.66. The number of rotatable bonds is 4. The maximum Gasteiger partial charge on any atom is 0.261 e. The maximum atomic E-state index is 13.2. The molecule has 2 aliphatic rings. The number of nitrogens with one attached hydrogen (secondary N) is 2. The summed E-state index contributed by atoms with van der Waals surface area (Å²) in [5.74, 6) is 0.572. The Morgan fingerprint density at radius 1 is 0.969 bits per heavy atom. The van der Waals surface area contributed by atoms with Crippen LogP contribution in [0.15, 0.2) is 77.7 Å². The molecule has 0 radical (unpaired) electrons. The van der Waals surface area contributed by atoms with Crippen molar-refractivity contribution in [2.75, 3.05) is 10.0 Å². The largest absolute Gasteiger partial charge is 0.508 e. The van der Waals surface area contributed by atoms with Crippen molar-refractivity contribution in [3.8, 4) is 5.75 Å². The number of hydrogen-bond acceptors (Lipinski definition) is 4. The smallest absolute Gasteiger partial charge is 0.261 e. The van der Waals surface area contributed by atoms with Crippen molar-refractivity contribution in [1.82, 2.24) is 0 Å². The first kappa shape index (κ1) is 20.6. The van der Waals surface area contributed by atoms with Crippen LogP contribution in [0, 0.1) is 19.8 Å². The average Bonchev–Trinajstić information content (AvgIpc) is 3.26. The number of phenolic OH excluding ortho intramolecular Hbond substituents is 1. The quantitative estimate of drug-likeness (QED) is 0.454. The number of para-hydroxylation sites is 2. The molecule has 0 saturated heterocycles. The SMILES string of the molecule is Cc1cccc(C)c1NS(=O)(=O)c1ccc2c(c1)C1C=CCC1C(c1ccccc1O)N2. The molecule has 0 aromatic heterocycles. The molecule has 5 nitrogen and oxygen atoms in total. The Hall–Kier alpha value is -3.25. The molecular formula is C26H26N2O3S. The van der Waals surface area contributed by atoms with Gasteiger partial charge in [0.25, 0.3) is 10.0 Å². The van der Waals surface area contributed by atoms with Crippen molar-refractivity contribution in [2.45, 2.75) is 37.1 Å². The van der Waals surface area contributed by atoms with Crippen molar-refractivity contribution >= 4 is 21.4 Å². The van der Waals surface area contributed by atoms with Crippen LogP contribution in [0.3, 0.4) is 0 Å². The summed E-state index contributed by atoms with van der Waals surface area (Å²) in [6.45, 7) is 3.80. The van der Waals surface area contributed by atoms with Gasteiger partial charge in [-0.25, -0.2) is 8.42 Å². The van der Waals surface area contributed by atoms with Crippen molar-refractivity contribution in [2.24, 2.45) is 5.92 Å². The van der Waals surface area contributed by atoms with Crippen LogP contribution in [0.2, 0.25) is 0 Å². The topological polar surface area (TPSA) is 78.4 Å². The third kappa shape index (κ3) is 3.45. The van der Waals surface area contributed by atoms with Gasteiger partial charge in [-0.05, 0) is 67.1 Å². The second kappa shape index (κ2) is 7.71. The Morgan fingerprint density at radius 2 is 1.72 bits per heavy atom. The standard InChI is InChI=1S/C26H26N2O3S/c1-16-7-5-8-17(2)25(16)28-32(30,31)18-13-14-23-22(15-18)19-10-6-11-20(19)26(27-23)21-9-3-4-12-24(21)29/h3-10,12-15,19-20,26-29H,11H2,1-2H3. The summed E-state index contributed by atoms with van der Waals surface area (Å²) in [4.78, 5) is 0.251. The fourth-order valence-electron chi connectivity index (χ4n) is 4.97. The Morgan fingerprint density at radius 3 is 2.47 bits per heavy atom. The summed E-state index contributed by atoms with van der Waals surface area (Å²) in [6.07, 6.45) is 5.18. The number of aryl methyl sites for hydroxylation is 2. The number of allylic oxidation sites excluding steroid dienone is 2. The van der Waals surface area contributed by atoms with Crippen LogP contribution in [0.25, 0.3) is 0 Å². The predicted octanol–water partition coefficient (Wildman–Crippen LogP) is 5.64. The van der Waals surface area contributed by atoms with E-state index in [0.717, 1.165) is 34.4 Å². The third-order valence-corrected chi connectivity index (χ3v) is 7.98. The fraction of sp³-hybridized carbons (Fsp3) is 0.231. The molecular weight excluding hydrogens is 420 g/mol. The molecule has 164 valence electrons. The van der Waals surface area contributed by atoms with Gasteiger partial charge in [-0.2, -0.15) is 0 Å². The highest BCUT2D eigenvalue weighted by Crippen LogP contribution is 2.51. The molecule has 5 rings (SSSR count). The van der Waals surface area contributed by atoms with Gasteiger partial charge < -0.3 is 10.4 Å². The summed E-state index contributed by atoms with van der Waals surface area (Å²) in [6, 6.07) is 18.3. The Balaban J connectivity index is 1.52. The minimum atomic E-state index is -3.73. The molecule has 3 atom stereocenters. The number of fused-ring (bicyclic) bond motifs is 3. The first-order valence-corrected chi connectivity index (χ1v) is 12.3. The summed E-state index contributed by atoms with van der Waals surface area (Å²) in [7, 11) is -3.73. The summed E-state index contributed by atoms with van der Waals surface area (Å²) >= 11 is 0. The zero-order chi connectivity index (χ0) is 22.5. The highest BCUT2D eigenvalue weighted by Gasteiger charge is 2.39. The lowest BCUT2D eigenvalue weighted by Crippen LogP contribution is -2.29. The molecule has 1 heterocycles. The summed E-state index contributed by atoms with van der Waals surface area (Å²) in [5.41, 5.74) is 5.14. The summed E-state index contributed by atoms with van der Waals surface area (Å²) in [5, 5.41) is 14.0. The normalized spacial score (nSPS) is 21.5. The molecule has 0 bridgehead atoms. The molecule has 0 spiro atoms. The number of benzene rings is 3. The van der Waals surface area contributed by atoms with Gasteiger partial charge in [-0.1, -0.05) is 48.6 Å². The zero-order valence-corrected chi connectivity index (χ0v) is 18.9. The minimum absolute atomic E-state index is 0.0427. The van der Waals surface area contributed by atoms with Gasteiger partial charge in [0.2, 0.25) is 0 Å². The van der Waals surface area contributed by atoms with Gasteiger partial charge in [-0.15, -0.1) is 0 Å². The van der Waals surface area contributed by atoms with Crippen LogP contribution < -0.4 is 10.0 Å². The zero-order valence-electron chi connectivity index (χ0n) is 18.0. The van der Waals surface area contributed by atoms with Crippen molar-refractivity contribution in [1.29, 1.82) is 0 Å². The number of phenols is 1. The number of hydrogen-bond donors (Lipinski definition) is 3. The number of aromatic hydroxyl groups is 1. The van der Waals surface area contributed by atoms with Gasteiger partial charge in [0, 0.05) is 17.2 Å². The van der Waals surface area contributed by atoms with E-state index >= 15 is 0 Å². The van der Waals surface area contributed by atoms with Crippen LogP contribution in [0.5, 0.6) is 5.75 Å². The van der Waals surface area contributed by atoms with Crippen LogP contribution in [0.4, 0.5) is 11.4 Å². The second-order valence-corrected chi connectivity index (χ2v) is 10.3. The van der Waals surface area contributed by atoms with Gasteiger partial charge in [0.15, 0.2) is 0 Å². The van der Waals surface area contributed by atoms with E-state index in [1.54, 1.807) is 18.2 Å². The average molecular weight is 447 g/mol. The lowest BCUT2D eigenvalue weighted by molar-refractivity contribution is 0.402. The van der Waals surface area contributed by atoms with E-state index in [4.69, 9.17) is 0 Å². The molecule has 6 heteroatoms. The molecule has 3 aromatic carbocycles. The van der Waals surface area contributed by atoms with Crippen molar-refractivity contribution in [3.63, 3.8) is 0 Å². The third-order valence-electron chi connectivity index (χ3n) is 6.63. The van der Waals surface area contributed by atoms with Gasteiger partial charge >= 0.3 is 0 Å². The van der Waals surface area contributed by atoms with Gasteiger partial charge in [-0.3, -0.25) is 4.72 Å². The van der Waals surface area contributed by atoms with E-state index in [2.05, 4.69) is 22.2 Å². The van der Waals surface area contributed by atoms with Crippen LogP contribution in [-0.4, -0.2) is 13.5 Å². The van der Waals surface area contributed by atoms with E-state index in [9.17, 15) is 13.5 Å². The Bertz CT molecular complexity index is 1310. The van der Waals surface area contributed by atoms with Gasteiger partial charge in [0.1, 0.15) is 5.75 Å². The van der Waals surface area contributed by atoms with Gasteiger partial charge in [0.05, 0.1) is 16.6 Å². The number of anilines is 2. The molecule has 3 N–H and O–H groups in total. The van der Waals surface area contributed by atoms with Crippen molar-refractivity contribution < 1.29 is 13.5 Å². The molecule has 1 aliphatic heterocycles. The molecule has 0 fully saturated rings. The molecule has 32 heavy (non-hydrogen) atoms. The van der Waals surface area contributed by atoms with E-state index in [1.165, 1.54) is 0 Å². The predicted molar refractivity (Wildman–Crippen MR) is 128 cm³/mol. The fourth-order valence-corrected chi connectivity index (χ4v) is 6.20. The lowest BCUT2D eigenvalue weighted by Gasteiger charge is -2.38. The molecule has 3 aromatic rings. The van der Waals surface area contributed by atoms with E-state index in [0.29, 0.717) is 5.69 Å². The monoisotopic (exact) mass is 446 g/mol. The maximum absolute atomic E-state index is 13.2. The molecule has 0 amide bonds. The number of sulfonamides is 1. The molecule has 3 unspecified atom stereocenters. The first-order chi connectivity index (χ1) is 15.3. The minimum Gasteiger partial charge on any atom is -0.508 e. The van der Waals surface area contributed by atoms with Crippen LogP contribution in [0.1, 0.15) is 40.6 Å². The van der Waals surface area contributed by atoms with Crippen LogP contribution in [-0.2, 0) is 10.0 Å². The van der Waals surface area contributed by atoms with E-state index in [-0.39, 0.29) is 28.5 Å². The first-order valence-electron chi connectivity index (χ1n) is 10.8. The Labute approximate surface area is 188 Å². The van der Waals surface area contributed by atoms with E-state index < -0.39 is 10.0 Å². The lowest BCUT2D eigenvalue weighted by atomic mass is 9.77. The van der Waals surface area contributed by atoms with Crippen molar-refractivity contribution in [3.05, 3.63) is 95.1 Å².